The highest BCUT2D eigenvalue weighted by Gasteiger charge is 2.35. The van der Waals surface area contributed by atoms with Crippen molar-refractivity contribution < 1.29 is 28.7 Å². The fourth-order valence-electron chi connectivity index (χ4n) is 6.04. The molecule has 10 heteroatoms. The number of amides is 4. The Hall–Kier alpha value is -3.43. The Bertz CT molecular complexity index is 1010. The molecule has 232 valence electrons. The maximum atomic E-state index is 13.8. The van der Waals surface area contributed by atoms with Crippen LogP contribution in [0.15, 0.2) is 30.3 Å². The van der Waals surface area contributed by atoms with Gasteiger partial charge in [-0.2, -0.15) is 0 Å². The zero-order valence-electron chi connectivity index (χ0n) is 24.9. The van der Waals surface area contributed by atoms with Gasteiger partial charge in [-0.15, -0.1) is 0 Å². The van der Waals surface area contributed by atoms with Gasteiger partial charge in [-0.1, -0.05) is 81.7 Å². The van der Waals surface area contributed by atoms with E-state index in [1.54, 1.807) is 0 Å². The van der Waals surface area contributed by atoms with Crippen molar-refractivity contribution in [2.24, 2.45) is 11.8 Å². The number of hydrogen-bond acceptors (Lipinski definition) is 6. The molecule has 1 aromatic rings. The molecule has 42 heavy (non-hydrogen) atoms. The molecule has 3 atom stereocenters. The lowest BCUT2D eigenvalue weighted by molar-refractivity contribution is -0.132. The van der Waals surface area contributed by atoms with Crippen LogP contribution in [-0.2, 0) is 30.5 Å². The van der Waals surface area contributed by atoms with Crippen molar-refractivity contribution in [1.82, 2.24) is 21.3 Å². The highest BCUT2D eigenvalue weighted by Crippen LogP contribution is 2.29. The Morgan fingerprint density at radius 3 is 2.19 bits per heavy atom. The minimum absolute atomic E-state index is 0.0683. The van der Waals surface area contributed by atoms with E-state index >= 15 is 0 Å². The molecular formula is C32H48N4O6. The van der Waals surface area contributed by atoms with Gasteiger partial charge in [0.1, 0.15) is 25.0 Å². The number of ether oxygens (including phenoxy) is 1. The van der Waals surface area contributed by atoms with Crippen LogP contribution < -0.4 is 21.3 Å². The van der Waals surface area contributed by atoms with Gasteiger partial charge in [0.15, 0.2) is 0 Å². The summed E-state index contributed by atoms with van der Waals surface area (Å²) in [6.45, 7) is 2.39. The minimum atomic E-state index is -0.860. The van der Waals surface area contributed by atoms with Crippen molar-refractivity contribution in [3.8, 4) is 0 Å². The second-order valence-electron chi connectivity index (χ2n) is 11.6. The van der Waals surface area contributed by atoms with Gasteiger partial charge in [0.25, 0.3) is 0 Å². The average Bonchev–Trinajstić information content (AvgIpc) is 3.02. The summed E-state index contributed by atoms with van der Waals surface area (Å²) in [5, 5.41) is 11.2. The van der Waals surface area contributed by atoms with Crippen molar-refractivity contribution in [3.63, 3.8) is 0 Å². The van der Waals surface area contributed by atoms with Gasteiger partial charge in [-0.05, 0) is 50.0 Å². The molecule has 4 amide bonds. The van der Waals surface area contributed by atoms with E-state index in [4.69, 9.17) is 4.74 Å². The number of carbonyl (C=O) groups is 5. The van der Waals surface area contributed by atoms with Crippen LogP contribution in [0.2, 0.25) is 0 Å². The molecular weight excluding hydrogens is 536 g/mol. The molecule has 0 bridgehead atoms. The molecule has 2 aliphatic carbocycles. The molecule has 0 heterocycles. The molecule has 1 aromatic carbocycles. The lowest BCUT2D eigenvalue weighted by Gasteiger charge is -2.32. The van der Waals surface area contributed by atoms with Gasteiger partial charge in [-0.25, -0.2) is 4.79 Å². The van der Waals surface area contributed by atoms with E-state index < -0.39 is 36.0 Å². The van der Waals surface area contributed by atoms with Crippen molar-refractivity contribution in [1.29, 1.82) is 0 Å². The largest absolute Gasteiger partial charge is 0.445 e. The van der Waals surface area contributed by atoms with Crippen LogP contribution in [0.5, 0.6) is 0 Å². The average molecular weight is 585 g/mol. The third-order valence-electron chi connectivity index (χ3n) is 8.36. The van der Waals surface area contributed by atoms with Crippen LogP contribution in [-0.4, -0.2) is 54.8 Å². The Morgan fingerprint density at radius 1 is 0.881 bits per heavy atom. The summed E-state index contributed by atoms with van der Waals surface area (Å²) >= 11 is 0. The van der Waals surface area contributed by atoms with Crippen molar-refractivity contribution in [2.45, 2.75) is 115 Å². The van der Waals surface area contributed by atoms with E-state index in [1.165, 1.54) is 0 Å². The Balaban J connectivity index is 1.69. The second-order valence-corrected chi connectivity index (χ2v) is 11.6. The summed E-state index contributed by atoms with van der Waals surface area (Å²) in [4.78, 5) is 63.7. The molecule has 3 rings (SSSR count). The lowest BCUT2D eigenvalue weighted by Crippen LogP contribution is -2.57. The monoisotopic (exact) mass is 584 g/mol. The van der Waals surface area contributed by atoms with Gasteiger partial charge in [0.2, 0.25) is 17.7 Å². The first-order chi connectivity index (χ1) is 20.4. The van der Waals surface area contributed by atoms with E-state index in [1.807, 2.05) is 37.3 Å². The minimum Gasteiger partial charge on any atom is -0.445 e. The lowest BCUT2D eigenvalue weighted by atomic mass is 9.82. The molecule has 2 saturated carbocycles. The predicted octanol–water partition coefficient (Wildman–Crippen LogP) is 3.92. The molecule has 4 N–H and O–H groups in total. The number of rotatable bonds is 15. The maximum Gasteiger partial charge on any atom is 0.408 e. The van der Waals surface area contributed by atoms with E-state index in [-0.39, 0.29) is 37.2 Å². The number of aldehydes is 1. The molecule has 0 saturated heterocycles. The fraction of sp³-hybridized carbons (Fsp3) is 0.656. The van der Waals surface area contributed by atoms with E-state index in [0.717, 1.165) is 69.8 Å². The summed E-state index contributed by atoms with van der Waals surface area (Å²) in [5.74, 6) is -0.848. The quantitative estimate of drug-likeness (QED) is 0.230. The van der Waals surface area contributed by atoms with Gasteiger partial charge in [0.05, 0.1) is 6.04 Å². The predicted molar refractivity (Wildman–Crippen MR) is 159 cm³/mol. The topological polar surface area (TPSA) is 143 Å². The summed E-state index contributed by atoms with van der Waals surface area (Å²) in [6, 6.07) is 6.78. The third-order valence-corrected chi connectivity index (χ3v) is 8.36. The second kappa shape index (κ2) is 18.2. The number of nitrogens with one attached hydrogen (secondary N) is 4. The van der Waals surface area contributed by atoms with E-state index in [0.29, 0.717) is 19.3 Å². The summed E-state index contributed by atoms with van der Waals surface area (Å²) < 4.78 is 5.42. The summed E-state index contributed by atoms with van der Waals surface area (Å²) in [7, 11) is 0. The molecule has 0 spiro atoms. The standard InChI is InChI=1S/C32H48N4O6/c1-2-33-28(38)19-18-26(21-37)34-30(39)27(20-23-12-6-3-7-13-23)35-31(40)29(25-16-10-5-11-17-25)36-32(41)42-22-24-14-8-4-9-15-24/h4,8-9,14-15,21,23,25-27,29H,2-3,5-7,10-13,16-20,22H2,1H3,(H,33,38)(H,34,39)(H,35,40)(H,36,41)/t26-,27-,29-/m0/s1. The van der Waals surface area contributed by atoms with E-state index in [2.05, 4.69) is 21.3 Å². The zero-order valence-corrected chi connectivity index (χ0v) is 24.9. The van der Waals surface area contributed by atoms with Crippen molar-refractivity contribution >= 4 is 30.1 Å². The van der Waals surface area contributed by atoms with Crippen LogP contribution in [0, 0.1) is 11.8 Å². The Labute approximate surface area is 249 Å². The summed E-state index contributed by atoms with van der Waals surface area (Å²) in [6.07, 6.45) is 10.6. The van der Waals surface area contributed by atoms with Gasteiger partial charge >= 0.3 is 6.09 Å². The van der Waals surface area contributed by atoms with Crippen molar-refractivity contribution in [3.05, 3.63) is 35.9 Å². The van der Waals surface area contributed by atoms with Crippen LogP contribution in [0.1, 0.15) is 96.0 Å². The molecule has 10 nitrogen and oxygen atoms in total. The van der Waals surface area contributed by atoms with Gasteiger partial charge in [-0.3, -0.25) is 14.4 Å². The molecule has 0 aliphatic heterocycles. The highest BCUT2D eigenvalue weighted by molar-refractivity contribution is 5.92. The van der Waals surface area contributed by atoms with Crippen molar-refractivity contribution in [2.75, 3.05) is 6.54 Å². The zero-order chi connectivity index (χ0) is 30.2. The highest BCUT2D eigenvalue weighted by atomic mass is 16.5. The molecule has 0 unspecified atom stereocenters. The number of carbonyl (C=O) groups excluding carboxylic acids is 5. The Kier molecular flexibility index (Phi) is 14.3. The SMILES string of the molecule is CCNC(=O)CC[C@@H](C=O)NC(=O)[C@H](CC1CCCCC1)NC(=O)[C@@H](NC(=O)OCc1ccccc1)C1CCCCC1. The first kappa shape index (κ1) is 33.1. The normalized spacial score (nSPS) is 18.1. The maximum absolute atomic E-state index is 13.8. The number of hydrogen-bond donors (Lipinski definition) is 4. The number of benzene rings is 1. The molecule has 0 radical (unpaired) electrons. The first-order valence-corrected chi connectivity index (χ1v) is 15.7. The van der Waals surface area contributed by atoms with Gasteiger partial charge < -0.3 is 30.8 Å². The Morgan fingerprint density at radius 2 is 1.55 bits per heavy atom. The molecule has 2 fully saturated rings. The molecule has 2 aliphatic rings. The summed E-state index contributed by atoms with van der Waals surface area (Å²) in [5.41, 5.74) is 0.840. The van der Waals surface area contributed by atoms with Gasteiger partial charge in [0, 0.05) is 13.0 Å². The van der Waals surface area contributed by atoms with E-state index in [9.17, 15) is 24.0 Å². The smallest absolute Gasteiger partial charge is 0.408 e. The third kappa shape index (κ3) is 11.4. The van der Waals surface area contributed by atoms with Crippen LogP contribution in [0.3, 0.4) is 0 Å². The first-order valence-electron chi connectivity index (χ1n) is 15.7. The number of alkyl carbamates (subject to hydrolysis) is 1. The van der Waals surface area contributed by atoms with Crippen LogP contribution in [0.4, 0.5) is 4.79 Å². The van der Waals surface area contributed by atoms with Crippen LogP contribution in [0.25, 0.3) is 0 Å². The molecule has 0 aromatic heterocycles. The fourth-order valence-corrected chi connectivity index (χ4v) is 6.04. The van der Waals surface area contributed by atoms with Crippen LogP contribution >= 0.6 is 0 Å².